The number of pyridine rings is 1. The number of amides is 1. The molecule has 24 heavy (non-hydrogen) atoms. The summed E-state index contributed by atoms with van der Waals surface area (Å²) in [5, 5.41) is 12.4. The Morgan fingerprint density at radius 1 is 1.42 bits per heavy atom. The number of nitrogens with zero attached hydrogens (tertiary/aromatic N) is 4. The number of carbonyl (C=O) groups is 1. The van der Waals surface area contributed by atoms with E-state index >= 15 is 0 Å². The van der Waals surface area contributed by atoms with Crippen molar-refractivity contribution in [2.24, 2.45) is 0 Å². The molecule has 3 aromatic heterocycles. The lowest BCUT2D eigenvalue weighted by atomic mass is 10.1. The summed E-state index contributed by atoms with van der Waals surface area (Å²) >= 11 is 1.55. The SMILES string of the molecule is CCC[C@@H](NC(=O)/C=C/c1cnc(C)s1)c1nnc2ccccn12. The maximum atomic E-state index is 12.3. The zero-order chi connectivity index (χ0) is 16.9. The third-order valence-corrected chi connectivity index (χ3v) is 4.46. The molecule has 0 saturated carbocycles. The van der Waals surface area contributed by atoms with Crippen LogP contribution in [-0.2, 0) is 4.79 Å². The van der Waals surface area contributed by atoms with E-state index in [1.165, 1.54) is 0 Å². The molecule has 3 rings (SSSR count). The van der Waals surface area contributed by atoms with E-state index in [0.29, 0.717) is 0 Å². The molecule has 0 aliphatic carbocycles. The normalized spacial score (nSPS) is 12.8. The number of thiazole rings is 1. The maximum Gasteiger partial charge on any atom is 0.244 e. The number of carbonyl (C=O) groups excluding carboxylic acids is 1. The van der Waals surface area contributed by atoms with Crippen molar-refractivity contribution < 1.29 is 4.79 Å². The fraction of sp³-hybridized carbons (Fsp3) is 0.294. The lowest BCUT2D eigenvalue weighted by Crippen LogP contribution is -2.28. The highest BCUT2D eigenvalue weighted by molar-refractivity contribution is 7.12. The Hall–Kier alpha value is -2.54. The second-order valence-corrected chi connectivity index (χ2v) is 6.72. The van der Waals surface area contributed by atoms with Crippen LogP contribution in [0.2, 0.25) is 0 Å². The first kappa shape index (κ1) is 16.3. The second kappa shape index (κ2) is 7.35. The smallest absolute Gasteiger partial charge is 0.244 e. The monoisotopic (exact) mass is 341 g/mol. The van der Waals surface area contributed by atoms with Gasteiger partial charge in [-0.3, -0.25) is 9.20 Å². The van der Waals surface area contributed by atoms with Gasteiger partial charge in [-0.05, 0) is 31.6 Å². The van der Waals surface area contributed by atoms with E-state index in [9.17, 15) is 4.79 Å². The lowest BCUT2D eigenvalue weighted by Gasteiger charge is -2.15. The highest BCUT2D eigenvalue weighted by Gasteiger charge is 2.18. The Morgan fingerprint density at radius 2 is 2.29 bits per heavy atom. The third-order valence-electron chi connectivity index (χ3n) is 3.58. The van der Waals surface area contributed by atoms with E-state index in [1.807, 2.05) is 35.7 Å². The number of aromatic nitrogens is 4. The van der Waals surface area contributed by atoms with Gasteiger partial charge >= 0.3 is 0 Å². The first-order valence-electron chi connectivity index (χ1n) is 7.88. The quantitative estimate of drug-likeness (QED) is 0.699. The van der Waals surface area contributed by atoms with E-state index in [1.54, 1.807) is 29.7 Å². The van der Waals surface area contributed by atoms with Crippen LogP contribution < -0.4 is 5.32 Å². The minimum atomic E-state index is -0.173. The molecule has 0 fully saturated rings. The van der Waals surface area contributed by atoms with Crippen LogP contribution in [0.4, 0.5) is 0 Å². The van der Waals surface area contributed by atoms with E-state index in [-0.39, 0.29) is 11.9 Å². The standard InChI is InChI=1S/C17H19N5OS/c1-3-6-14(17-21-20-15-7-4-5-10-22(15)17)19-16(23)9-8-13-11-18-12(2)24-13/h4-5,7-11,14H,3,6H2,1-2H3,(H,19,23)/b9-8+/t14-/m1/s1. The second-order valence-electron chi connectivity index (χ2n) is 5.45. The molecule has 0 unspecified atom stereocenters. The molecule has 3 aromatic rings. The Morgan fingerprint density at radius 3 is 3.04 bits per heavy atom. The summed E-state index contributed by atoms with van der Waals surface area (Å²) in [5.41, 5.74) is 0.776. The van der Waals surface area contributed by atoms with Crippen LogP contribution in [0.25, 0.3) is 11.7 Å². The van der Waals surface area contributed by atoms with Gasteiger partial charge in [-0.25, -0.2) is 4.98 Å². The summed E-state index contributed by atoms with van der Waals surface area (Å²) in [6.45, 7) is 4.02. The summed E-state index contributed by atoms with van der Waals surface area (Å²) in [6, 6.07) is 5.57. The summed E-state index contributed by atoms with van der Waals surface area (Å²) in [6.07, 6.45) is 8.73. The number of hydrogen-bond acceptors (Lipinski definition) is 5. The molecule has 0 bridgehead atoms. The summed E-state index contributed by atoms with van der Waals surface area (Å²) in [4.78, 5) is 17.4. The van der Waals surface area contributed by atoms with Crippen molar-refractivity contribution >= 4 is 29.0 Å². The van der Waals surface area contributed by atoms with Gasteiger partial charge in [-0.1, -0.05) is 19.4 Å². The van der Waals surface area contributed by atoms with Crippen LogP contribution in [-0.4, -0.2) is 25.5 Å². The van der Waals surface area contributed by atoms with Crippen LogP contribution >= 0.6 is 11.3 Å². The highest BCUT2D eigenvalue weighted by Crippen LogP contribution is 2.18. The number of rotatable bonds is 6. The molecule has 0 aliphatic rings. The predicted molar refractivity (Wildman–Crippen MR) is 94.7 cm³/mol. The number of aryl methyl sites for hydroxylation is 1. The Labute approximate surface area is 144 Å². The summed E-state index contributed by atoms with van der Waals surface area (Å²) < 4.78 is 1.91. The molecule has 3 heterocycles. The summed E-state index contributed by atoms with van der Waals surface area (Å²) in [5.74, 6) is 0.606. The van der Waals surface area contributed by atoms with Gasteiger partial charge in [0.2, 0.25) is 5.91 Å². The molecule has 0 radical (unpaired) electrons. The van der Waals surface area contributed by atoms with E-state index in [4.69, 9.17) is 0 Å². The maximum absolute atomic E-state index is 12.3. The number of nitrogens with one attached hydrogen (secondary N) is 1. The molecule has 1 atom stereocenters. The Bertz CT molecular complexity index is 867. The zero-order valence-electron chi connectivity index (χ0n) is 13.6. The van der Waals surface area contributed by atoms with Gasteiger partial charge in [0, 0.05) is 23.3 Å². The van der Waals surface area contributed by atoms with Crippen LogP contribution in [0.5, 0.6) is 0 Å². The van der Waals surface area contributed by atoms with E-state index < -0.39 is 0 Å². The molecule has 1 amide bonds. The lowest BCUT2D eigenvalue weighted by molar-refractivity contribution is -0.117. The van der Waals surface area contributed by atoms with Crippen molar-refractivity contribution in [2.45, 2.75) is 32.7 Å². The van der Waals surface area contributed by atoms with Gasteiger partial charge in [-0.15, -0.1) is 21.5 Å². The van der Waals surface area contributed by atoms with Crippen LogP contribution in [0, 0.1) is 6.92 Å². The van der Waals surface area contributed by atoms with Crippen LogP contribution in [0.1, 0.15) is 41.5 Å². The molecule has 0 aromatic carbocycles. The van der Waals surface area contributed by atoms with Gasteiger partial charge in [0.15, 0.2) is 11.5 Å². The van der Waals surface area contributed by atoms with Crippen molar-refractivity contribution in [1.82, 2.24) is 24.9 Å². The molecule has 0 saturated heterocycles. The van der Waals surface area contributed by atoms with Gasteiger partial charge in [-0.2, -0.15) is 0 Å². The van der Waals surface area contributed by atoms with E-state index in [0.717, 1.165) is 34.2 Å². The van der Waals surface area contributed by atoms with Crippen molar-refractivity contribution in [3.63, 3.8) is 0 Å². The summed E-state index contributed by atoms with van der Waals surface area (Å²) in [7, 11) is 0. The van der Waals surface area contributed by atoms with Crippen molar-refractivity contribution in [2.75, 3.05) is 0 Å². The average Bonchev–Trinajstić information content (AvgIpc) is 3.18. The minimum Gasteiger partial charge on any atom is -0.343 e. The van der Waals surface area contributed by atoms with Crippen molar-refractivity contribution in [1.29, 1.82) is 0 Å². The van der Waals surface area contributed by atoms with Crippen molar-refractivity contribution in [3.8, 4) is 0 Å². The average molecular weight is 341 g/mol. The molecule has 0 aliphatic heterocycles. The van der Waals surface area contributed by atoms with Crippen LogP contribution in [0.15, 0.2) is 36.7 Å². The van der Waals surface area contributed by atoms with Gasteiger partial charge < -0.3 is 5.32 Å². The molecule has 1 N–H and O–H groups in total. The van der Waals surface area contributed by atoms with Gasteiger partial charge in [0.1, 0.15) is 0 Å². The minimum absolute atomic E-state index is 0.146. The molecular formula is C17H19N5OS. The number of fused-ring (bicyclic) bond motifs is 1. The topological polar surface area (TPSA) is 72.2 Å². The molecule has 0 spiro atoms. The fourth-order valence-electron chi connectivity index (χ4n) is 2.48. The predicted octanol–water partition coefficient (Wildman–Crippen LogP) is 3.17. The highest BCUT2D eigenvalue weighted by atomic mass is 32.1. The molecule has 7 heteroatoms. The largest absolute Gasteiger partial charge is 0.343 e. The Kier molecular flexibility index (Phi) is 5.00. The van der Waals surface area contributed by atoms with Gasteiger partial charge in [0.05, 0.1) is 11.0 Å². The number of hydrogen-bond donors (Lipinski definition) is 1. The zero-order valence-corrected chi connectivity index (χ0v) is 14.5. The van der Waals surface area contributed by atoms with Crippen LogP contribution in [0.3, 0.4) is 0 Å². The molecule has 124 valence electrons. The van der Waals surface area contributed by atoms with E-state index in [2.05, 4.69) is 27.4 Å². The van der Waals surface area contributed by atoms with Crippen molar-refractivity contribution in [3.05, 3.63) is 52.4 Å². The molecular weight excluding hydrogens is 322 g/mol. The Balaban J connectivity index is 1.76. The molecule has 6 nitrogen and oxygen atoms in total. The first-order valence-corrected chi connectivity index (χ1v) is 8.69. The third kappa shape index (κ3) is 3.68. The fourth-order valence-corrected chi connectivity index (χ4v) is 3.17. The first-order chi connectivity index (χ1) is 11.7. The van der Waals surface area contributed by atoms with Gasteiger partial charge in [0.25, 0.3) is 0 Å².